The van der Waals surface area contributed by atoms with Gasteiger partial charge >= 0.3 is 6.16 Å². The molecule has 0 amide bonds. The Kier molecular flexibility index (Phi) is 5.54. The number of hydrogen-bond donors (Lipinski definition) is 1. The van der Waals surface area contributed by atoms with E-state index in [2.05, 4.69) is 9.72 Å². The van der Waals surface area contributed by atoms with Crippen LogP contribution in [0, 0.1) is 11.6 Å². The highest BCUT2D eigenvalue weighted by molar-refractivity contribution is 6.34. The fourth-order valence-electron chi connectivity index (χ4n) is 2.07. The number of carbonyl (C=O) groups is 1. The lowest BCUT2D eigenvalue weighted by atomic mass is 10.1. The van der Waals surface area contributed by atoms with Gasteiger partial charge in [0.25, 0.3) is 0 Å². The van der Waals surface area contributed by atoms with Crippen LogP contribution in [0.1, 0.15) is 0 Å². The highest BCUT2D eigenvalue weighted by atomic mass is 35.5. The topological polar surface area (TPSA) is 77.7 Å². The molecule has 2 rings (SSSR count). The molecule has 2 aromatic rings. The highest BCUT2D eigenvalue weighted by Crippen LogP contribution is 2.39. The summed E-state index contributed by atoms with van der Waals surface area (Å²) in [7, 11) is 4.16. The van der Waals surface area contributed by atoms with Gasteiger partial charge < -0.3 is 20.1 Å². The minimum atomic E-state index is -1.11. The molecular formula is C15H13Cl2F2N3O3. The van der Waals surface area contributed by atoms with Crippen molar-refractivity contribution in [3.63, 3.8) is 0 Å². The fourth-order valence-corrected chi connectivity index (χ4v) is 2.55. The Morgan fingerprint density at radius 3 is 2.48 bits per heavy atom. The van der Waals surface area contributed by atoms with Gasteiger partial charge in [0.1, 0.15) is 10.8 Å². The van der Waals surface area contributed by atoms with E-state index in [0.717, 1.165) is 19.2 Å². The van der Waals surface area contributed by atoms with Crippen LogP contribution in [0.15, 0.2) is 12.1 Å². The zero-order valence-corrected chi connectivity index (χ0v) is 14.9. The van der Waals surface area contributed by atoms with Crippen molar-refractivity contribution >= 4 is 40.7 Å². The zero-order valence-electron chi connectivity index (χ0n) is 13.4. The molecule has 0 spiro atoms. The second-order valence-corrected chi connectivity index (χ2v) is 5.83. The summed E-state index contributed by atoms with van der Waals surface area (Å²) in [5.41, 5.74) is 4.87. The molecule has 1 aromatic heterocycles. The van der Waals surface area contributed by atoms with Crippen LogP contribution in [0.3, 0.4) is 0 Å². The summed E-state index contributed by atoms with van der Waals surface area (Å²) in [6.07, 6.45) is -1.11. The Hall–Kier alpha value is -2.32. The number of halogens is 4. The SMILES string of the molecule is COC(=O)Oc1nc(-c2c(F)cc(Cl)c(N(C)C)c2F)cc(N)c1Cl. The van der Waals surface area contributed by atoms with Gasteiger partial charge in [-0.25, -0.2) is 18.6 Å². The summed E-state index contributed by atoms with van der Waals surface area (Å²) in [4.78, 5) is 16.5. The number of carbonyl (C=O) groups excluding carboxylic acids is 1. The van der Waals surface area contributed by atoms with Gasteiger partial charge in [-0.3, -0.25) is 0 Å². The number of nitrogen functional groups attached to an aromatic ring is 1. The van der Waals surface area contributed by atoms with Gasteiger partial charge in [-0.15, -0.1) is 0 Å². The normalized spacial score (nSPS) is 10.5. The molecule has 10 heteroatoms. The van der Waals surface area contributed by atoms with Crippen LogP contribution < -0.4 is 15.4 Å². The maximum Gasteiger partial charge on any atom is 0.514 e. The lowest BCUT2D eigenvalue weighted by Gasteiger charge is -2.18. The van der Waals surface area contributed by atoms with Gasteiger partial charge in [0.05, 0.1) is 34.8 Å². The van der Waals surface area contributed by atoms with Gasteiger partial charge in [0.2, 0.25) is 5.88 Å². The molecule has 1 heterocycles. The van der Waals surface area contributed by atoms with E-state index in [9.17, 15) is 13.6 Å². The van der Waals surface area contributed by atoms with Crippen LogP contribution >= 0.6 is 23.2 Å². The molecule has 0 saturated carbocycles. The number of nitrogens with two attached hydrogens (primary N) is 1. The van der Waals surface area contributed by atoms with Gasteiger partial charge in [-0.2, -0.15) is 0 Å². The Morgan fingerprint density at radius 2 is 1.92 bits per heavy atom. The number of anilines is 2. The summed E-state index contributed by atoms with van der Waals surface area (Å²) < 4.78 is 38.2. The molecule has 6 nitrogen and oxygen atoms in total. The first-order valence-corrected chi connectivity index (χ1v) is 7.50. The van der Waals surface area contributed by atoms with E-state index in [1.54, 1.807) is 14.1 Å². The minimum absolute atomic E-state index is 0.0381. The molecule has 0 saturated heterocycles. The van der Waals surface area contributed by atoms with E-state index in [0.29, 0.717) is 0 Å². The maximum absolute atomic E-state index is 14.8. The number of methoxy groups -OCH3 is 1. The van der Waals surface area contributed by atoms with Crippen LogP contribution in [0.25, 0.3) is 11.3 Å². The molecule has 134 valence electrons. The Bertz CT molecular complexity index is 848. The number of pyridine rings is 1. The largest absolute Gasteiger partial charge is 0.514 e. The van der Waals surface area contributed by atoms with Crippen LogP contribution in [0.5, 0.6) is 5.88 Å². The lowest BCUT2D eigenvalue weighted by Crippen LogP contribution is -2.13. The summed E-state index contributed by atoms with van der Waals surface area (Å²) in [6, 6.07) is 2.10. The predicted octanol–water partition coefficient (Wildman–Crippen LogP) is 4.13. The number of benzene rings is 1. The summed E-state index contributed by atoms with van der Waals surface area (Å²) in [5, 5.41) is -0.312. The van der Waals surface area contributed by atoms with Crippen molar-refractivity contribution < 1.29 is 23.0 Å². The quantitative estimate of drug-likeness (QED) is 0.792. The van der Waals surface area contributed by atoms with Gasteiger partial charge in [0.15, 0.2) is 5.82 Å². The molecule has 1 aromatic carbocycles. The zero-order chi connectivity index (χ0) is 18.9. The van der Waals surface area contributed by atoms with Gasteiger partial charge in [-0.05, 0) is 12.1 Å². The van der Waals surface area contributed by atoms with Crippen molar-refractivity contribution in [1.82, 2.24) is 4.98 Å². The summed E-state index contributed by atoms with van der Waals surface area (Å²) in [6.45, 7) is 0. The van der Waals surface area contributed by atoms with E-state index in [4.69, 9.17) is 33.7 Å². The third kappa shape index (κ3) is 3.69. The number of aromatic nitrogens is 1. The number of ether oxygens (including phenoxy) is 2. The lowest BCUT2D eigenvalue weighted by molar-refractivity contribution is 0.120. The summed E-state index contributed by atoms with van der Waals surface area (Å²) in [5.74, 6) is -2.36. The highest BCUT2D eigenvalue weighted by Gasteiger charge is 2.24. The van der Waals surface area contributed by atoms with E-state index in [1.807, 2.05) is 0 Å². The minimum Gasteiger partial charge on any atom is -0.437 e. The van der Waals surface area contributed by atoms with Crippen LogP contribution in [-0.2, 0) is 4.74 Å². The molecule has 0 fully saturated rings. The predicted molar refractivity (Wildman–Crippen MR) is 91.4 cm³/mol. The Morgan fingerprint density at radius 1 is 1.28 bits per heavy atom. The third-order valence-corrected chi connectivity index (χ3v) is 3.82. The first kappa shape index (κ1) is 19.0. The first-order chi connectivity index (χ1) is 11.7. The van der Waals surface area contributed by atoms with E-state index >= 15 is 0 Å². The number of rotatable bonds is 3. The van der Waals surface area contributed by atoms with Crippen molar-refractivity contribution in [3.8, 4) is 17.1 Å². The molecule has 0 radical (unpaired) electrons. The van der Waals surface area contributed by atoms with Crippen LogP contribution in [0.4, 0.5) is 25.0 Å². The molecule has 0 unspecified atom stereocenters. The van der Waals surface area contributed by atoms with Crippen molar-refractivity contribution in [2.24, 2.45) is 0 Å². The average molecular weight is 392 g/mol. The van der Waals surface area contributed by atoms with Gasteiger partial charge in [0, 0.05) is 14.1 Å². The maximum atomic E-state index is 14.8. The fraction of sp³-hybridized carbons (Fsp3) is 0.200. The monoisotopic (exact) mass is 391 g/mol. The molecule has 0 aliphatic rings. The molecular weight excluding hydrogens is 379 g/mol. The second-order valence-electron chi connectivity index (χ2n) is 5.04. The van der Waals surface area contributed by atoms with E-state index in [-0.39, 0.29) is 27.1 Å². The number of nitrogens with zero attached hydrogens (tertiary/aromatic N) is 2. The van der Waals surface area contributed by atoms with Crippen molar-refractivity contribution in [2.45, 2.75) is 0 Å². The standard InChI is InChI=1S/C15H13Cl2F2N3O3/c1-22(2)13-6(16)4-7(18)10(12(13)19)9-5-8(20)11(17)14(21-9)25-15(23)24-3/h4-5H,1-3H3,(H2,20,21). The Labute approximate surface area is 152 Å². The number of hydrogen-bond acceptors (Lipinski definition) is 6. The van der Waals surface area contributed by atoms with Gasteiger partial charge in [-0.1, -0.05) is 23.2 Å². The van der Waals surface area contributed by atoms with Crippen molar-refractivity contribution in [3.05, 3.63) is 33.8 Å². The third-order valence-electron chi connectivity index (χ3n) is 3.15. The Balaban J connectivity index is 2.71. The molecule has 0 aliphatic carbocycles. The first-order valence-electron chi connectivity index (χ1n) is 6.74. The average Bonchev–Trinajstić information content (AvgIpc) is 2.50. The molecule has 0 atom stereocenters. The molecule has 2 N–H and O–H groups in total. The van der Waals surface area contributed by atoms with E-state index in [1.165, 1.54) is 4.90 Å². The second kappa shape index (κ2) is 7.28. The molecule has 25 heavy (non-hydrogen) atoms. The molecule has 0 aliphatic heterocycles. The smallest absolute Gasteiger partial charge is 0.437 e. The molecule has 0 bridgehead atoms. The summed E-state index contributed by atoms with van der Waals surface area (Å²) >= 11 is 11.8. The van der Waals surface area contributed by atoms with E-state index < -0.39 is 29.2 Å². The van der Waals surface area contributed by atoms with Crippen LogP contribution in [0.2, 0.25) is 10.0 Å². The van der Waals surface area contributed by atoms with Crippen molar-refractivity contribution in [2.75, 3.05) is 31.8 Å². The van der Waals surface area contributed by atoms with Crippen molar-refractivity contribution in [1.29, 1.82) is 0 Å². The van der Waals surface area contributed by atoms with Crippen LogP contribution in [-0.4, -0.2) is 32.3 Å².